The van der Waals surface area contributed by atoms with E-state index in [9.17, 15) is 4.79 Å². The predicted molar refractivity (Wildman–Crippen MR) is 84.9 cm³/mol. The van der Waals surface area contributed by atoms with E-state index in [0.29, 0.717) is 17.2 Å². The Hall–Kier alpha value is -2.09. The Balaban J connectivity index is 1.96. The van der Waals surface area contributed by atoms with E-state index in [2.05, 4.69) is 26.1 Å². The molecule has 0 aliphatic heterocycles. The van der Waals surface area contributed by atoms with Gasteiger partial charge in [-0.2, -0.15) is 0 Å². The fourth-order valence-corrected chi connectivity index (χ4v) is 2.17. The molecule has 2 heterocycles. The number of carbonyl (C=O) groups excluding carboxylic acids is 1. The van der Waals surface area contributed by atoms with Crippen molar-refractivity contribution < 1.29 is 9.90 Å². The zero-order valence-corrected chi connectivity index (χ0v) is 13.0. The Labute approximate surface area is 136 Å². The number of aliphatic hydroxyl groups is 1. The van der Waals surface area contributed by atoms with Crippen molar-refractivity contribution in [1.29, 1.82) is 0 Å². The highest BCUT2D eigenvalue weighted by molar-refractivity contribution is 6.32. The molecule has 0 saturated heterocycles. The first-order valence-electron chi connectivity index (χ1n) is 6.21. The molecule has 0 saturated carbocycles. The van der Waals surface area contributed by atoms with Crippen LogP contribution in [0.2, 0.25) is 10.3 Å². The summed E-state index contributed by atoms with van der Waals surface area (Å²) in [7, 11) is 0. The van der Waals surface area contributed by atoms with Gasteiger partial charge in [-0.1, -0.05) is 23.2 Å². The van der Waals surface area contributed by atoms with Gasteiger partial charge in [0.25, 0.3) is 0 Å². The molecule has 2 amide bonds. The van der Waals surface area contributed by atoms with Crippen molar-refractivity contribution >= 4 is 40.7 Å². The first-order valence-corrected chi connectivity index (χ1v) is 6.96. The number of aryl methyl sites for hydroxylation is 1. The minimum absolute atomic E-state index is 0.170. The SMILES string of the molecule is Cc1cc(CO)nc(NNC(=O)Nc2cc(Cl)nc(Cl)c2)c1. The maximum absolute atomic E-state index is 11.8. The molecule has 116 valence electrons. The van der Waals surface area contributed by atoms with Crippen LogP contribution in [0.5, 0.6) is 0 Å². The average molecular weight is 342 g/mol. The number of nitrogens with zero attached hydrogens (tertiary/aromatic N) is 2. The van der Waals surface area contributed by atoms with Crippen LogP contribution < -0.4 is 16.2 Å². The van der Waals surface area contributed by atoms with Crippen LogP contribution >= 0.6 is 23.2 Å². The van der Waals surface area contributed by atoms with Crippen LogP contribution in [0, 0.1) is 6.92 Å². The summed E-state index contributed by atoms with van der Waals surface area (Å²) in [5, 5.41) is 12.0. The number of hydrazine groups is 1. The number of pyridine rings is 2. The van der Waals surface area contributed by atoms with E-state index in [1.165, 1.54) is 12.1 Å². The van der Waals surface area contributed by atoms with Gasteiger partial charge < -0.3 is 10.4 Å². The van der Waals surface area contributed by atoms with Gasteiger partial charge in [0.1, 0.15) is 16.1 Å². The number of rotatable bonds is 4. The standard InChI is InChI=1S/C13H13Cl2N5O2/c1-7-2-9(6-21)16-12(3-7)19-20-13(22)17-8-4-10(14)18-11(15)5-8/h2-5,21H,6H2,1H3,(H,16,19)(H2,17,18,20,22). The number of nitrogens with one attached hydrogen (secondary N) is 3. The number of aliphatic hydroxyl groups excluding tert-OH is 1. The molecular weight excluding hydrogens is 329 g/mol. The van der Waals surface area contributed by atoms with E-state index >= 15 is 0 Å². The summed E-state index contributed by atoms with van der Waals surface area (Å²) in [5.74, 6) is 0.407. The summed E-state index contributed by atoms with van der Waals surface area (Å²) in [6, 6.07) is 5.85. The maximum Gasteiger partial charge on any atom is 0.337 e. The monoisotopic (exact) mass is 341 g/mol. The van der Waals surface area contributed by atoms with E-state index in [1.54, 1.807) is 12.1 Å². The topological polar surface area (TPSA) is 99.2 Å². The fourth-order valence-electron chi connectivity index (χ4n) is 1.70. The van der Waals surface area contributed by atoms with Crippen molar-refractivity contribution in [3.63, 3.8) is 0 Å². The largest absolute Gasteiger partial charge is 0.390 e. The zero-order chi connectivity index (χ0) is 16.1. The van der Waals surface area contributed by atoms with Crippen molar-refractivity contribution in [3.8, 4) is 0 Å². The van der Waals surface area contributed by atoms with Crippen molar-refractivity contribution in [2.45, 2.75) is 13.5 Å². The second kappa shape index (κ2) is 7.26. The highest BCUT2D eigenvalue weighted by Crippen LogP contribution is 2.18. The molecule has 22 heavy (non-hydrogen) atoms. The molecule has 0 bridgehead atoms. The molecule has 0 atom stereocenters. The highest BCUT2D eigenvalue weighted by atomic mass is 35.5. The molecule has 0 aliphatic rings. The lowest BCUT2D eigenvalue weighted by Gasteiger charge is -2.11. The zero-order valence-electron chi connectivity index (χ0n) is 11.5. The van der Waals surface area contributed by atoms with Gasteiger partial charge in [0.2, 0.25) is 0 Å². The second-order valence-electron chi connectivity index (χ2n) is 4.38. The molecule has 0 unspecified atom stereocenters. The third kappa shape index (κ3) is 4.73. The van der Waals surface area contributed by atoms with Gasteiger partial charge in [0.05, 0.1) is 12.3 Å². The van der Waals surface area contributed by atoms with Gasteiger partial charge in [-0.15, -0.1) is 0 Å². The maximum atomic E-state index is 11.8. The third-order valence-corrected chi connectivity index (χ3v) is 2.90. The second-order valence-corrected chi connectivity index (χ2v) is 5.16. The van der Waals surface area contributed by atoms with Crippen LogP contribution in [-0.2, 0) is 6.61 Å². The molecule has 7 nitrogen and oxygen atoms in total. The minimum Gasteiger partial charge on any atom is -0.390 e. The lowest BCUT2D eigenvalue weighted by Crippen LogP contribution is -2.34. The van der Waals surface area contributed by atoms with Crippen LogP contribution in [-0.4, -0.2) is 21.1 Å². The number of halogens is 2. The number of hydrogen-bond acceptors (Lipinski definition) is 5. The van der Waals surface area contributed by atoms with Crippen molar-refractivity contribution in [2.24, 2.45) is 0 Å². The molecule has 2 aromatic heterocycles. The van der Waals surface area contributed by atoms with Crippen molar-refractivity contribution in [1.82, 2.24) is 15.4 Å². The van der Waals surface area contributed by atoms with E-state index < -0.39 is 6.03 Å². The van der Waals surface area contributed by atoms with Crippen LogP contribution in [0.3, 0.4) is 0 Å². The first kappa shape index (κ1) is 16.3. The summed E-state index contributed by atoms with van der Waals surface area (Å²) in [5.41, 5.74) is 6.86. The van der Waals surface area contributed by atoms with Gasteiger partial charge in [-0.3, -0.25) is 10.9 Å². The number of carbonyl (C=O) groups is 1. The molecule has 0 spiro atoms. The number of urea groups is 1. The van der Waals surface area contributed by atoms with Crippen LogP contribution in [0.4, 0.5) is 16.3 Å². The van der Waals surface area contributed by atoms with E-state index in [-0.39, 0.29) is 16.9 Å². The van der Waals surface area contributed by atoms with Crippen LogP contribution in [0.1, 0.15) is 11.3 Å². The van der Waals surface area contributed by atoms with Gasteiger partial charge >= 0.3 is 6.03 Å². The highest BCUT2D eigenvalue weighted by Gasteiger charge is 2.05. The molecule has 0 aromatic carbocycles. The summed E-state index contributed by atoms with van der Waals surface area (Å²) in [4.78, 5) is 19.7. The summed E-state index contributed by atoms with van der Waals surface area (Å²) in [6.07, 6.45) is 0. The number of aromatic nitrogens is 2. The normalized spacial score (nSPS) is 10.2. The molecule has 0 fully saturated rings. The van der Waals surface area contributed by atoms with E-state index in [4.69, 9.17) is 28.3 Å². The third-order valence-electron chi connectivity index (χ3n) is 2.51. The molecule has 9 heteroatoms. The molecule has 4 N–H and O–H groups in total. The van der Waals surface area contributed by atoms with Gasteiger partial charge in [-0.05, 0) is 36.8 Å². The first-order chi connectivity index (χ1) is 10.5. The average Bonchev–Trinajstić information content (AvgIpc) is 2.43. The molecule has 2 aromatic rings. The Morgan fingerprint density at radius 1 is 1.18 bits per heavy atom. The summed E-state index contributed by atoms with van der Waals surface area (Å²) in [6.45, 7) is 1.67. The molecule has 0 radical (unpaired) electrons. The smallest absolute Gasteiger partial charge is 0.337 e. The lowest BCUT2D eigenvalue weighted by molar-refractivity contribution is 0.254. The lowest BCUT2D eigenvalue weighted by atomic mass is 10.2. The quantitative estimate of drug-likeness (QED) is 0.506. The number of hydrogen-bond donors (Lipinski definition) is 4. The van der Waals surface area contributed by atoms with Crippen molar-refractivity contribution in [2.75, 3.05) is 10.7 Å². The fraction of sp³-hybridized carbons (Fsp3) is 0.154. The molecule has 0 aliphatic carbocycles. The van der Waals surface area contributed by atoms with E-state index in [1.807, 2.05) is 6.92 Å². The van der Waals surface area contributed by atoms with Gasteiger partial charge in [0.15, 0.2) is 0 Å². The molecule has 2 rings (SSSR count). The van der Waals surface area contributed by atoms with Crippen LogP contribution in [0.15, 0.2) is 24.3 Å². The predicted octanol–water partition coefficient (Wildman–Crippen LogP) is 2.73. The van der Waals surface area contributed by atoms with Gasteiger partial charge in [-0.25, -0.2) is 14.8 Å². The number of amides is 2. The summed E-state index contributed by atoms with van der Waals surface area (Å²) < 4.78 is 0. The minimum atomic E-state index is -0.535. The van der Waals surface area contributed by atoms with Crippen molar-refractivity contribution in [3.05, 3.63) is 45.8 Å². The Morgan fingerprint density at radius 2 is 1.86 bits per heavy atom. The Bertz CT molecular complexity index is 676. The summed E-state index contributed by atoms with van der Waals surface area (Å²) >= 11 is 11.5. The Morgan fingerprint density at radius 3 is 2.50 bits per heavy atom. The Kier molecular flexibility index (Phi) is 5.37. The number of anilines is 2. The van der Waals surface area contributed by atoms with Gasteiger partial charge in [0, 0.05) is 5.69 Å². The van der Waals surface area contributed by atoms with Crippen LogP contribution in [0.25, 0.3) is 0 Å². The van der Waals surface area contributed by atoms with E-state index in [0.717, 1.165) is 5.56 Å². The molecular formula is C13H13Cl2N5O2.